The van der Waals surface area contributed by atoms with Crippen molar-refractivity contribution < 1.29 is 4.74 Å². The molecule has 0 fully saturated rings. The Morgan fingerprint density at radius 1 is 1.46 bits per heavy atom. The molecule has 0 amide bonds. The quantitative estimate of drug-likeness (QED) is 0.574. The van der Waals surface area contributed by atoms with E-state index in [1.807, 2.05) is 7.05 Å². The third-order valence-electron chi connectivity index (χ3n) is 2.45. The molecule has 1 atom stereocenters. The fourth-order valence-electron chi connectivity index (χ4n) is 1.25. The van der Waals surface area contributed by atoms with E-state index in [-0.39, 0.29) is 0 Å². The van der Waals surface area contributed by atoms with Crippen LogP contribution in [0.1, 0.15) is 19.8 Å². The maximum absolute atomic E-state index is 5.03. The lowest BCUT2D eigenvalue weighted by Gasteiger charge is -2.24. The normalized spacial score (nSPS) is 13.6. The summed E-state index contributed by atoms with van der Waals surface area (Å²) >= 11 is 0. The molecule has 0 radical (unpaired) electrons. The molecule has 0 rings (SSSR count). The zero-order chi connectivity index (χ0) is 10.1. The van der Waals surface area contributed by atoms with Gasteiger partial charge in [-0.15, -0.1) is 0 Å². The summed E-state index contributed by atoms with van der Waals surface area (Å²) in [6.07, 6.45) is 2.50. The van der Waals surface area contributed by atoms with Crippen LogP contribution in [0.2, 0.25) is 0 Å². The van der Waals surface area contributed by atoms with Gasteiger partial charge >= 0.3 is 0 Å². The lowest BCUT2D eigenvalue weighted by atomic mass is 10.1. The SMILES string of the molecule is CNCCCC(C)N(C)CCOC. The smallest absolute Gasteiger partial charge is 0.0589 e. The Kier molecular flexibility index (Phi) is 8.40. The van der Waals surface area contributed by atoms with E-state index in [2.05, 4.69) is 24.2 Å². The number of likely N-dealkylation sites (N-methyl/N-ethyl adjacent to an activating group) is 1. The lowest BCUT2D eigenvalue weighted by molar-refractivity contribution is 0.139. The highest BCUT2D eigenvalue weighted by Crippen LogP contribution is 2.02. The van der Waals surface area contributed by atoms with E-state index in [1.54, 1.807) is 7.11 Å². The number of ether oxygens (including phenoxy) is 1. The van der Waals surface area contributed by atoms with Crippen LogP contribution >= 0.6 is 0 Å². The summed E-state index contributed by atoms with van der Waals surface area (Å²) in [6.45, 7) is 5.23. The Morgan fingerprint density at radius 3 is 2.69 bits per heavy atom. The minimum absolute atomic E-state index is 0.656. The average Bonchev–Trinajstić information content (AvgIpc) is 2.14. The predicted molar refractivity (Wildman–Crippen MR) is 57.1 cm³/mol. The summed E-state index contributed by atoms with van der Waals surface area (Å²) in [6, 6.07) is 0.656. The van der Waals surface area contributed by atoms with Crippen molar-refractivity contribution in [3.63, 3.8) is 0 Å². The van der Waals surface area contributed by atoms with Gasteiger partial charge in [0.15, 0.2) is 0 Å². The van der Waals surface area contributed by atoms with Gasteiger partial charge in [0.1, 0.15) is 0 Å². The van der Waals surface area contributed by atoms with Crippen molar-refractivity contribution in [3.8, 4) is 0 Å². The molecular weight excluding hydrogens is 164 g/mol. The minimum atomic E-state index is 0.656. The first-order chi connectivity index (χ1) is 6.22. The molecule has 0 saturated heterocycles. The number of nitrogens with zero attached hydrogens (tertiary/aromatic N) is 1. The number of hydrogen-bond acceptors (Lipinski definition) is 3. The molecule has 0 aliphatic carbocycles. The number of hydrogen-bond donors (Lipinski definition) is 1. The van der Waals surface area contributed by atoms with Crippen LogP contribution in [0.5, 0.6) is 0 Å². The van der Waals surface area contributed by atoms with Gasteiger partial charge in [-0.05, 0) is 40.4 Å². The van der Waals surface area contributed by atoms with Gasteiger partial charge < -0.3 is 15.0 Å². The van der Waals surface area contributed by atoms with Crippen LogP contribution < -0.4 is 5.32 Å². The summed E-state index contributed by atoms with van der Waals surface area (Å²) in [5.41, 5.74) is 0. The van der Waals surface area contributed by atoms with Gasteiger partial charge in [-0.2, -0.15) is 0 Å². The standard InChI is InChI=1S/C10H24N2O/c1-10(6-5-7-11-2)12(3)8-9-13-4/h10-11H,5-9H2,1-4H3. The summed E-state index contributed by atoms with van der Waals surface area (Å²) in [4.78, 5) is 2.35. The fraction of sp³-hybridized carbons (Fsp3) is 1.00. The van der Waals surface area contributed by atoms with Crippen molar-refractivity contribution in [1.82, 2.24) is 10.2 Å². The first-order valence-electron chi connectivity index (χ1n) is 5.06. The molecule has 0 aliphatic heterocycles. The molecular formula is C10H24N2O. The fourth-order valence-corrected chi connectivity index (χ4v) is 1.25. The molecule has 0 saturated carbocycles. The van der Waals surface area contributed by atoms with Crippen LogP contribution in [0.4, 0.5) is 0 Å². The highest BCUT2D eigenvalue weighted by Gasteiger charge is 2.07. The van der Waals surface area contributed by atoms with Crippen molar-refractivity contribution >= 4 is 0 Å². The molecule has 0 bridgehead atoms. The molecule has 1 N–H and O–H groups in total. The molecule has 0 heterocycles. The summed E-state index contributed by atoms with van der Waals surface area (Å²) < 4.78 is 5.03. The molecule has 0 aromatic rings. The largest absolute Gasteiger partial charge is 0.383 e. The van der Waals surface area contributed by atoms with Crippen molar-refractivity contribution in [2.45, 2.75) is 25.8 Å². The summed E-state index contributed by atoms with van der Waals surface area (Å²) in [7, 11) is 5.90. The van der Waals surface area contributed by atoms with Crippen LogP contribution in [-0.4, -0.2) is 51.8 Å². The molecule has 3 heteroatoms. The topological polar surface area (TPSA) is 24.5 Å². The lowest BCUT2D eigenvalue weighted by Crippen LogP contribution is -2.32. The van der Waals surface area contributed by atoms with E-state index in [0.717, 1.165) is 19.7 Å². The molecule has 1 unspecified atom stereocenters. The minimum Gasteiger partial charge on any atom is -0.383 e. The first-order valence-corrected chi connectivity index (χ1v) is 5.06. The van der Waals surface area contributed by atoms with Crippen molar-refractivity contribution in [1.29, 1.82) is 0 Å². The second-order valence-corrected chi connectivity index (χ2v) is 3.57. The molecule has 80 valence electrons. The monoisotopic (exact) mass is 188 g/mol. The second-order valence-electron chi connectivity index (χ2n) is 3.57. The zero-order valence-corrected chi connectivity index (χ0v) is 9.47. The Balaban J connectivity index is 3.38. The van der Waals surface area contributed by atoms with Gasteiger partial charge in [0, 0.05) is 19.7 Å². The first kappa shape index (κ1) is 12.9. The highest BCUT2D eigenvalue weighted by atomic mass is 16.5. The molecule has 0 aromatic carbocycles. The van der Waals surface area contributed by atoms with Crippen molar-refractivity contribution in [3.05, 3.63) is 0 Å². The predicted octanol–water partition coefficient (Wildman–Crippen LogP) is 0.953. The van der Waals surface area contributed by atoms with Gasteiger partial charge in [-0.1, -0.05) is 0 Å². The third-order valence-corrected chi connectivity index (χ3v) is 2.45. The molecule has 0 aromatic heterocycles. The van der Waals surface area contributed by atoms with Crippen LogP contribution in [0.3, 0.4) is 0 Å². The van der Waals surface area contributed by atoms with Crippen LogP contribution in [0.15, 0.2) is 0 Å². The van der Waals surface area contributed by atoms with Crippen molar-refractivity contribution in [2.75, 3.05) is 40.9 Å². The van der Waals surface area contributed by atoms with E-state index in [1.165, 1.54) is 12.8 Å². The van der Waals surface area contributed by atoms with Crippen LogP contribution in [0, 0.1) is 0 Å². The van der Waals surface area contributed by atoms with Crippen LogP contribution in [0.25, 0.3) is 0 Å². The molecule has 3 nitrogen and oxygen atoms in total. The maximum Gasteiger partial charge on any atom is 0.0589 e. The molecule has 0 aliphatic rings. The van der Waals surface area contributed by atoms with E-state index in [0.29, 0.717) is 6.04 Å². The van der Waals surface area contributed by atoms with Gasteiger partial charge in [0.25, 0.3) is 0 Å². The third kappa shape index (κ3) is 6.99. The van der Waals surface area contributed by atoms with Gasteiger partial charge in [0.2, 0.25) is 0 Å². The molecule has 0 spiro atoms. The molecule has 13 heavy (non-hydrogen) atoms. The number of methoxy groups -OCH3 is 1. The highest BCUT2D eigenvalue weighted by molar-refractivity contribution is 4.63. The van der Waals surface area contributed by atoms with Crippen LogP contribution in [-0.2, 0) is 4.74 Å². The van der Waals surface area contributed by atoms with Crippen molar-refractivity contribution in [2.24, 2.45) is 0 Å². The summed E-state index contributed by atoms with van der Waals surface area (Å²) in [5.74, 6) is 0. The Hall–Kier alpha value is -0.120. The zero-order valence-electron chi connectivity index (χ0n) is 9.47. The Morgan fingerprint density at radius 2 is 2.15 bits per heavy atom. The number of nitrogens with one attached hydrogen (secondary N) is 1. The van der Waals surface area contributed by atoms with E-state index in [4.69, 9.17) is 4.74 Å². The second kappa shape index (κ2) is 8.48. The number of rotatable bonds is 8. The maximum atomic E-state index is 5.03. The van der Waals surface area contributed by atoms with E-state index in [9.17, 15) is 0 Å². The Bertz CT molecular complexity index is 109. The van der Waals surface area contributed by atoms with Gasteiger partial charge in [-0.3, -0.25) is 0 Å². The van der Waals surface area contributed by atoms with Gasteiger partial charge in [0.05, 0.1) is 6.61 Å². The summed E-state index contributed by atoms with van der Waals surface area (Å²) in [5, 5.41) is 3.16. The Labute approximate surface area is 82.4 Å². The van der Waals surface area contributed by atoms with E-state index < -0.39 is 0 Å². The van der Waals surface area contributed by atoms with Gasteiger partial charge in [-0.25, -0.2) is 0 Å². The van der Waals surface area contributed by atoms with E-state index >= 15 is 0 Å². The average molecular weight is 188 g/mol.